The minimum Gasteiger partial charge on any atom is -0.485 e. The average Bonchev–Trinajstić information content (AvgIpc) is 2.47. The fourth-order valence-corrected chi connectivity index (χ4v) is 2.13. The molecular weight excluding hydrogens is 274 g/mol. The van der Waals surface area contributed by atoms with Gasteiger partial charge in [0.2, 0.25) is 0 Å². The van der Waals surface area contributed by atoms with Crippen molar-refractivity contribution in [2.75, 3.05) is 6.54 Å². The lowest BCUT2D eigenvalue weighted by atomic mass is 10.1. The Kier molecular flexibility index (Phi) is 5.32. The topological polar surface area (TPSA) is 47.0 Å². The van der Waals surface area contributed by atoms with Crippen molar-refractivity contribution in [3.8, 4) is 5.75 Å². The lowest BCUT2D eigenvalue weighted by Gasteiger charge is -2.17. The average molecular weight is 292 g/mol. The minimum atomic E-state index is 0.172. The molecule has 1 atom stereocenters. The molecule has 106 valence electrons. The Morgan fingerprint density at radius 3 is 2.75 bits per heavy atom. The van der Waals surface area contributed by atoms with E-state index in [9.17, 15) is 0 Å². The highest BCUT2D eigenvalue weighted by Crippen LogP contribution is 2.28. The van der Waals surface area contributed by atoms with Gasteiger partial charge in [0.05, 0.1) is 0 Å². The van der Waals surface area contributed by atoms with Gasteiger partial charge in [0.1, 0.15) is 12.4 Å². The summed E-state index contributed by atoms with van der Waals surface area (Å²) >= 11 is 6.07. The van der Waals surface area contributed by atoms with Crippen LogP contribution < -0.4 is 10.1 Å². The molecule has 0 amide bonds. The van der Waals surface area contributed by atoms with Crippen LogP contribution in [0.25, 0.3) is 0 Å². The first-order valence-electron chi connectivity index (χ1n) is 6.62. The highest BCUT2D eigenvalue weighted by atomic mass is 35.5. The quantitative estimate of drug-likeness (QED) is 0.886. The molecule has 1 N–H and O–H groups in total. The van der Waals surface area contributed by atoms with Crippen LogP contribution >= 0.6 is 11.6 Å². The van der Waals surface area contributed by atoms with Crippen molar-refractivity contribution in [2.24, 2.45) is 0 Å². The molecule has 5 heteroatoms. The van der Waals surface area contributed by atoms with Crippen LogP contribution in [0, 0.1) is 0 Å². The fourth-order valence-electron chi connectivity index (χ4n) is 1.95. The van der Waals surface area contributed by atoms with Crippen LogP contribution in [-0.4, -0.2) is 16.5 Å². The fraction of sp³-hybridized carbons (Fsp3) is 0.333. The number of nitrogens with one attached hydrogen (secondary N) is 1. The molecule has 20 heavy (non-hydrogen) atoms. The van der Waals surface area contributed by atoms with Crippen LogP contribution in [0.3, 0.4) is 0 Å². The minimum absolute atomic E-state index is 0.172. The van der Waals surface area contributed by atoms with Gasteiger partial charge in [0.15, 0.2) is 5.82 Å². The van der Waals surface area contributed by atoms with Crippen molar-refractivity contribution in [3.63, 3.8) is 0 Å². The molecule has 0 aliphatic rings. The summed E-state index contributed by atoms with van der Waals surface area (Å²) in [6, 6.07) is 7.59. The Balaban J connectivity index is 2.14. The predicted molar refractivity (Wildman–Crippen MR) is 79.9 cm³/mol. The van der Waals surface area contributed by atoms with Crippen molar-refractivity contribution in [3.05, 3.63) is 53.1 Å². The van der Waals surface area contributed by atoms with E-state index in [1.807, 2.05) is 18.2 Å². The number of halogens is 1. The maximum absolute atomic E-state index is 6.07. The van der Waals surface area contributed by atoms with E-state index in [2.05, 4.69) is 29.1 Å². The Morgan fingerprint density at radius 1 is 1.30 bits per heavy atom. The number of hydrogen-bond donors (Lipinski definition) is 1. The van der Waals surface area contributed by atoms with E-state index in [0.29, 0.717) is 17.5 Å². The molecule has 1 heterocycles. The van der Waals surface area contributed by atoms with Crippen LogP contribution in [0.15, 0.2) is 36.7 Å². The molecule has 1 aromatic heterocycles. The molecule has 1 unspecified atom stereocenters. The molecule has 0 radical (unpaired) electrons. The van der Waals surface area contributed by atoms with Crippen LogP contribution in [0.4, 0.5) is 0 Å². The maximum Gasteiger partial charge on any atom is 0.166 e. The summed E-state index contributed by atoms with van der Waals surface area (Å²) in [5, 5.41) is 4.06. The molecule has 1 aromatic carbocycles. The van der Waals surface area contributed by atoms with E-state index in [1.165, 1.54) is 0 Å². The van der Waals surface area contributed by atoms with Gasteiger partial charge in [-0.15, -0.1) is 0 Å². The van der Waals surface area contributed by atoms with Crippen molar-refractivity contribution in [1.82, 2.24) is 15.3 Å². The second kappa shape index (κ2) is 7.22. The zero-order chi connectivity index (χ0) is 14.4. The monoisotopic (exact) mass is 291 g/mol. The molecule has 0 spiro atoms. The summed E-state index contributed by atoms with van der Waals surface area (Å²) < 4.78 is 5.82. The SMILES string of the molecule is CCNC(C)c1cc(Cl)ccc1OCc1ncccn1. The number of hydrogen-bond acceptors (Lipinski definition) is 4. The van der Waals surface area contributed by atoms with Crippen LogP contribution in [0.2, 0.25) is 5.02 Å². The summed E-state index contributed by atoms with van der Waals surface area (Å²) in [6.07, 6.45) is 3.41. The van der Waals surface area contributed by atoms with E-state index in [-0.39, 0.29) is 6.04 Å². The lowest BCUT2D eigenvalue weighted by Crippen LogP contribution is -2.18. The molecule has 0 aliphatic heterocycles. The van der Waals surface area contributed by atoms with Gasteiger partial charge in [-0.1, -0.05) is 18.5 Å². The van der Waals surface area contributed by atoms with Crippen LogP contribution in [0.5, 0.6) is 5.75 Å². The Bertz CT molecular complexity index is 548. The van der Waals surface area contributed by atoms with Crippen molar-refractivity contribution in [1.29, 1.82) is 0 Å². The first kappa shape index (κ1) is 14.8. The third-order valence-electron chi connectivity index (χ3n) is 2.92. The van der Waals surface area contributed by atoms with Gasteiger partial charge in [-0.3, -0.25) is 0 Å². The number of rotatable bonds is 6. The molecule has 0 bridgehead atoms. The molecule has 2 aromatic rings. The van der Waals surface area contributed by atoms with E-state index < -0.39 is 0 Å². The van der Waals surface area contributed by atoms with Gasteiger partial charge in [0, 0.05) is 29.0 Å². The van der Waals surface area contributed by atoms with Gasteiger partial charge in [-0.2, -0.15) is 0 Å². The van der Waals surface area contributed by atoms with Crippen molar-refractivity contribution < 1.29 is 4.74 Å². The van der Waals surface area contributed by atoms with Gasteiger partial charge >= 0.3 is 0 Å². The zero-order valence-corrected chi connectivity index (χ0v) is 12.4. The normalized spacial score (nSPS) is 12.2. The molecule has 4 nitrogen and oxygen atoms in total. The summed E-state index contributed by atoms with van der Waals surface area (Å²) in [5.74, 6) is 1.46. The van der Waals surface area contributed by atoms with Crippen LogP contribution in [0.1, 0.15) is 31.3 Å². The van der Waals surface area contributed by atoms with Crippen LogP contribution in [-0.2, 0) is 6.61 Å². The standard InChI is InChI=1S/C15H18ClN3O/c1-3-17-11(2)13-9-12(16)5-6-14(13)20-10-15-18-7-4-8-19-15/h4-9,11,17H,3,10H2,1-2H3. The zero-order valence-electron chi connectivity index (χ0n) is 11.6. The van der Waals surface area contributed by atoms with Gasteiger partial charge < -0.3 is 10.1 Å². The molecule has 0 aliphatic carbocycles. The second-order valence-corrected chi connectivity index (χ2v) is 4.85. The third-order valence-corrected chi connectivity index (χ3v) is 3.16. The maximum atomic E-state index is 6.07. The molecule has 0 fully saturated rings. The van der Waals surface area contributed by atoms with E-state index in [0.717, 1.165) is 17.9 Å². The highest BCUT2D eigenvalue weighted by Gasteiger charge is 2.12. The largest absolute Gasteiger partial charge is 0.485 e. The van der Waals surface area contributed by atoms with E-state index in [4.69, 9.17) is 16.3 Å². The van der Waals surface area contributed by atoms with Crippen molar-refractivity contribution >= 4 is 11.6 Å². The van der Waals surface area contributed by atoms with E-state index >= 15 is 0 Å². The summed E-state index contributed by atoms with van der Waals surface area (Å²) in [4.78, 5) is 8.29. The molecule has 0 saturated heterocycles. The van der Waals surface area contributed by atoms with Gasteiger partial charge in [-0.05, 0) is 37.7 Å². The number of ether oxygens (including phenoxy) is 1. The van der Waals surface area contributed by atoms with Gasteiger partial charge in [0.25, 0.3) is 0 Å². The first-order chi connectivity index (χ1) is 9.70. The first-order valence-corrected chi connectivity index (χ1v) is 7.00. The molecule has 2 rings (SSSR count). The predicted octanol–water partition coefficient (Wildman–Crippen LogP) is 3.38. The number of nitrogens with zero attached hydrogens (tertiary/aromatic N) is 2. The Hall–Kier alpha value is -1.65. The lowest BCUT2D eigenvalue weighted by molar-refractivity contribution is 0.290. The smallest absolute Gasteiger partial charge is 0.166 e. The second-order valence-electron chi connectivity index (χ2n) is 4.42. The van der Waals surface area contributed by atoms with Gasteiger partial charge in [-0.25, -0.2) is 9.97 Å². The van der Waals surface area contributed by atoms with E-state index in [1.54, 1.807) is 18.5 Å². The highest BCUT2D eigenvalue weighted by molar-refractivity contribution is 6.30. The number of aromatic nitrogens is 2. The molecular formula is C15H18ClN3O. The Morgan fingerprint density at radius 2 is 2.05 bits per heavy atom. The summed E-state index contributed by atoms with van der Waals surface area (Å²) in [5.41, 5.74) is 1.04. The summed E-state index contributed by atoms with van der Waals surface area (Å²) in [6.45, 7) is 5.38. The molecule has 0 saturated carbocycles. The van der Waals surface area contributed by atoms with Crippen molar-refractivity contribution in [2.45, 2.75) is 26.5 Å². The Labute approximate surface area is 124 Å². The third kappa shape index (κ3) is 3.92. The number of benzene rings is 1. The summed E-state index contributed by atoms with van der Waals surface area (Å²) in [7, 11) is 0.